The van der Waals surface area contributed by atoms with Crippen molar-refractivity contribution in [2.24, 2.45) is 5.92 Å². The Morgan fingerprint density at radius 2 is 1.85 bits per heavy atom. The quantitative estimate of drug-likeness (QED) is 0.328. The summed E-state index contributed by atoms with van der Waals surface area (Å²) in [5.74, 6) is -0.236. The van der Waals surface area contributed by atoms with Gasteiger partial charge in [0.1, 0.15) is 10.9 Å². The molecule has 210 valence electrons. The Labute approximate surface area is 243 Å². The Hall–Kier alpha value is -2.17. The highest BCUT2D eigenvalue weighted by atomic mass is 35.5. The number of amides is 2. The summed E-state index contributed by atoms with van der Waals surface area (Å²) in [7, 11) is -3.80. The van der Waals surface area contributed by atoms with Crippen LogP contribution in [0.1, 0.15) is 44.4 Å². The number of fused-ring (bicyclic) bond motifs is 1. The van der Waals surface area contributed by atoms with Gasteiger partial charge in [0, 0.05) is 33.7 Å². The molecule has 1 aliphatic rings. The average Bonchev–Trinajstić information content (AvgIpc) is 3.11. The Bertz CT molecular complexity index is 1410. The second-order valence-electron chi connectivity index (χ2n) is 10.3. The number of carbonyl (C=O) groups excluding carboxylic acids is 2. The largest absolute Gasteiger partial charge is 0.352 e. The Morgan fingerprint density at radius 1 is 1.08 bits per heavy atom. The zero-order valence-electron chi connectivity index (χ0n) is 22.0. The molecule has 2 amide bonds. The van der Waals surface area contributed by atoms with Crippen LogP contribution in [0.4, 0.5) is 0 Å². The minimum absolute atomic E-state index is 0.0226. The number of nitrogens with one attached hydrogen (secondary N) is 2. The number of benzene rings is 2. The van der Waals surface area contributed by atoms with Crippen molar-refractivity contribution in [2.75, 3.05) is 13.1 Å². The van der Waals surface area contributed by atoms with Crippen LogP contribution in [0.3, 0.4) is 0 Å². The van der Waals surface area contributed by atoms with E-state index < -0.39 is 16.1 Å². The molecule has 7 nitrogen and oxygen atoms in total. The van der Waals surface area contributed by atoms with Crippen molar-refractivity contribution < 1.29 is 18.0 Å². The first-order valence-corrected chi connectivity index (χ1v) is 16.1. The summed E-state index contributed by atoms with van der Waals surface area (Å²) >= 11 is 13.7. The Morgan fingerprint density at radius 3 is 2.56 bits per heavy atom. The van der Waals surface area contributed by atoms with E-state index >= 15 is 0 Å². The number of hydrogen-bond donors (Lipinski definition) is 2. The van der Waals surface area contributed by atoms with Crippen LogP contribution >= 0.6 is 34.5 Å². The van der Waals surface area contributed by atoms with E-state index in [9.17, 15) is 18.0 Å². The Balaban J connectivity index is 1.37. The lowest BCUT2D eigenvalue weighted by molar-refractivity contribution is -0.129. The average molecular weight is 611 g/mol. The van der Waals surface area contributed by atoms with Crippen LogP contribution in [0.25, 0.3) is 10.1 Å². The zero-order valence-corrected chi connectivity index (χ0v) is 25.1. The molecule has 2 aromatic carbocycles. The van der Waals surface area contributed by atoms with Crippen LogP contribution in [-0.2, 0) is 26.0 Å². The lowest BCUT2D eigenvalue weighted by Crippen LogP contribution is -2.50. The van der Waals surface area contributed by atoms with Crippen LogP contribution in [0.5, 0.6) is 0 Å². The van der Waals surface area contributed by atoms with Crippen LogP contribution < -0.4 is 10.6 Å². The number of nitrogens with zero attached hydrogens (tertiary/aromatic N) is 1. The molecule has 1 saturated heterocycles. The highest BCUT2D eigenvalue weighted by Gasteiger charge is 2.31. The van der Waals surface area contributed by atoms with Crippen molar-refractivity contribution in [3.05, 3.63) is 63.5 Å². The van der Waals surface area contributed by atoms with Crippen LogP contribution in [0.2, 0.25) is 10.0 Å². The first-order chi connectivity index (χ1) is 18.5. The minimum atomic E-state index is -3.80. The van der Waals surface area contributed by atoms with E-state index in [2.05, 4.69) is 10.6 Å². The van der Waals surface area contributed by atoms with Crippen molar-refractivity contribution in [2.45, 2.75) is 62.9 Å². The van der Waals surface area contributed by atoms with Crippen molar-refractivity contribution in [1.82, 2.24) is 14.9 Å². The first-order valence-electron chi connectivity index (χ1n) is 13.1. The maximum Gasteiger partial charge on any atom is 0.244 e. The summed E-state index contributed by atoms with van der Waals surface area (Å²) in [5, 5.41) is 7.55. The predicted octanol–water partition coefficient (Wildman–Crippen LogP) is 5.64. The molecule has 1 aliphatic heterocycles. The highest BCUT2D eigenvalue weighted by Crippen LogP contribution is 2.29. The van der Waals surface area contributed by atoms with Crippen molar-refractivity contribution in [3.8, 4) is 0 Å². The van der Waals surface area contributed by atoms with Gasteiger partial charge in [0.05, 0.1) is 11.4 Å². The molecule has 1 fully saturated rings. The lowest BCUT2D eigenvalue weighted by atomic mass is 10.0. The van der Waals surface area contributed by atoms with E-state index in [0.29, 0.717) is 37.3 Å². The fraction of sp³-hybridized carbons (Fsp3) is 0.429. The molecule has 0 spiro atoms. The van der Waals surface area contributed by atoms with E-state index in [1.165, 1.54) is 22.5 Å². The fourth-order valence-electron chi connectivity index (χ4n) is 4.81. The van der Waals surface area contributed by atoms with E-state index in [1.807, 2.05) is 44.2 Å². The standard InChI is InChI=1S/C28H33Cl2N3O4S2/c1-18(2)14-24(32-27(34)17-22-15-19-6-3-4-8-25(19)38-22)28(35)31-21-7-5-12-33(13-11-21)39(36,37)26-10-9-20(29)16-23(26)30/h3-4,6,8-10,15-16,18,21,24H,5,7,11-14,17H2,1-2H3,(H,31,35)(H,32,34)/t21-,24+/m1/s1. The number of sulfonamides is 1. The van der Waals surface area contributed by atoms with Gasteiger partial charge in [-0.2, -0.15) is 4.31 Å². The third-order valence-electron chi connectivity index (χ3n) is 6.72. The summed E-state index contributed by atoms with van der Waals surface area (Å²) in [6.07, 6.45) is 2.40. The van der Waals surface area contributed by atoms with E-state index in [4.69, 9.17) is 23.2 Å². The number of carbonyl (C=O) groups is 2. The number of hydrogen-bond acceptors (Lipinski definition) is 5. The molecule has 3 aromatic rings. The third kappa shape index (κ3) is 7.73. The topological polar surface area (TPSA) is 95.6 Å². The molecule has 39 heavy (non-hydrogen) atoms. The summed E-state index contributed by atoms with van der Waals surface area (Å²) in [6, 6.07) is 13.5. The number of rotatable bonds is 9. The molecule has 4 rings (SSSR count). The van der Waals surface area contributed by atoms with Gasteiger partial charge in [0.2, 0.25) is 21.8 Å². The molecule has 0 unspecified atom stereocenters. The Kier molecular flexibility index (Phi) is 9.93. The van der Waals surface area contributed by atoms with Gasteiger partial charge >= 0.3 is 0 Å². The van der Waals surface area contributed by atoms with Gasteiger partial charge < -0.3 is 10.6 Å². The molecular weight excluding hydrogens is 577 g/mol. The third-order valence-corrected chi connectivity index (χ3v) is 10.4. The maximum absolute atomic E-state index is 13.3. The van der Waals surface area contributed by atoms with Crippen molar-refractivity contribution in [3.63, 3.8) is 0 Å². The molecule has 0 aliphatic carbocycles. The normalized spacial score (nSPS) is 17.6. The molecule has 0 radical (unpaired) electrons. The molecule has 2 N–H and O–H groups in total. The SMILES string of the molecule is CC(C)C[C@H](NC(=O)Cc1cc2ccccc2s1)C(=O)N[C@@H]1CCCN(S(=O)(=O)c2ccc(Cl)cc2Cl)CC1. The zero-order chi connectivity index (χ0) is 28.2. The summed E-state index contributed by atoms with van der Waals surface area (Å²) < 4.78 is 29.0. The van der Waals surface area contributed by atoms with Gasteiger partial charge in [-0.15, -0.1) is 11.3 Å². The molecule has 0 bridgehead atoms. The molecule has 0 saturated carbocycles. The second kappa shape index (κ2) is 13.0. The first kappa shape index (κ1) is 29.8. The molecular formula is C28H33Cl2N3O4S2. The second-order valence-corrected chi connectivity index (χ2v) is 14.2. The van der Waals surface area contributed by atoms with E-state index in [1.54, 1.807) is 11.3 Å². The summed E-state index contributed by atoms with van der Waals surface area (Å²) in [6.45, 7) is 4.60. The smallest absolute Gasteiger partial charge is 0.244 e. The summed E-state index contributed by atoms with van der Waals surface area (Å²) in [5.41, 5.74) is 0. The molecule has 1 aromatic heterocycles. The monoisotopic (exact) mass is 609 g/mol. The fourth-order valence-corrected chi connectivity index (χ4v) is 8.11. The number of thiophene rings is 1. The predicted molar refractivity (Wildman–Crippen MR) is 158 cm³/mol. The van der Waals surface area contributed by atoms with Gasteiger partial charge in [-0.3, -0.25) is 9.59 Å². The van der Waals surface area contributed by atoms with Crippen molar-refractivity contribution in [1.29, 1.82) is 0 Å². The van der Waals surface area contributed by atoms with Crippen LogP contribution in [0, 0.1) is 5.92 Å². The van der Waals surface area contributed by atoms with Crippen molar-refractivity contribution >= 4 is 66.5 Å². The van der Waals surface area contributed by atoms with Gasteiger partial charge in [-0.25, -0.2) is 8.42 Å². The van der Waals surface area contributed by atoms with E-state index in [-0.39, 0.29) is 46.7 Å². The highest BCUT2D eigenvalue weighted by molar-refractivity contribution is 7.89. The molecule has 2 atom stereocenters. The molecule has 11 heteroatoms. The van der Waals surface area contributed by atoms with Gasteiger partial charge in [-0.05, 0) is 67.3 Å². The van der Waals surface area contributed by atoms with E-state index in [0.717, 1.165) is 15.0 Å². The summed E-state index contributed by atoms with van der Waals surface area (Å²) in [4.78, 5) is 27.1. The number of halogens is 2. The minimum Gasteiger partial charge on any atom is -0.352 e. The van der Waals surface area contributed by atoms with Gasteiger partial charge in [-0.1, -0.05) is 55.2 Å². The van der Waals surface area contributed by atoms with Gasteiger partial charge in [0.15, 0.2) is 0 Å². The lowest BCUT2D eigenvalue weighted by Gasteiger charge is -2.24. The maximum atomic E-state index is 13.3. The molecule has 2 heterocycles. The van der Waals surface area contributed by atoms with Crippen LogP contribution in [0.15, 0.2) is 53.4 Å². The van der Waals surface area contributed by atoms with Crippen LogP contribution in [-0.4, -0.2) is 49.7 Å². The van der Waals surface area contributed by atoms with Gasteiger partial charge in [0.25, 0.3) is 0 Å².